The molecule has 0 saturated heterocycles. The molecule has 0 aromatic carbocycles. The van der Waals surface area contributed by atoms with Crippen LogP contribution in [0, 0.1) is 0 Å². The summed E-state index contributed by atoms with van der Waals surface area (Å²) in [4.78, 5) is 31.9. The van der Waals surface area contributed by atoms with Gasteiger partial charge in [-0.2, -0.15) is 10.1 Å². The molecule has 0 aliphatic rings. The summed E-state index contributed by atoms with van der Waals surface area (Å²) in [5, 5.41) is 26.7. The Morgan fingerprint density at radius 2 is 2.10 bits per heavy atom. The van der Waals surface area contributed by atoms with Gasteiger partial charge in [-0.05, 0) is 18.6 Å². The van der Waals surface area contributed by atoms with E-state index in [-0.39, 0.29) is 53.8 Å². The molecule has 10 nitrogen and oxygen atoms in total. The van der Waals surface area contributed by atoms with Crippen molar-refractivity contribution in [3.8, 4) is 17.3 Å². The van der Waals surface area contributed by atoms with Gasteiger partial charge >= 0.3 is 5.97 Å². The number of carboxylic acids is 1. The molecule has 3 aromatic rings. The summed E-state index contributed by atoms with van der Waals surface area (Å²) < 4.78 is 6.70. The molecule has 0 saturated carbocycles. The molecule has 0 bridgehead atoms. The maximum atomic E-state index is 12.3. The van der Waals surface area contributed by atoms with Crippen LogP contribution in [0.25, 0.3) is 11.5 Å². The van der Waals surface area contributed by atoms with E-state index in [1.807, 2.05) is 6.92 Å². The number of aromatic carboxylic acids is 1. The maximum absolute atomic E-state index is 12.3. The molecule has 0 aliphatic carbocycles. The SMILES string of the molecule is CCCCn1cc(C(=O)O)c(CC(=O)CCc2nc(-c3ccc(O)cn3)no2)n1. The monoisotopic (exact) mass is 399 g/mol. The lowest BCUT2D eigenvalue weighted by Gasteiger charge is -1.99. The minimum atomic E-state index is -1.10. The van der Waals surface area contributed by atoms with E-state index in [1.54, 1.807) is 10.7 Å². The summed E-state index contributed by atoms with van der Waals surface area (Å²) in [5.74, 6) is -0.708. The molecule has 2 N–H and O–H groups in total. The van der Waals surface area contributed by atoms with E-state index >= 15 is 0 Å². The first-order chi connectivity index (χ1) is 14.0. The van der Waals surface area contributed by atoms with Crippen molar-refractivity contribution in [2.45, 2.75) is 45.6 Å². The Balaban J connectivity index is 1.59. The number of rotatable bonds is 10. The van der Waals surface area contributed by atoms with Crippen LogP contribution in [0.5, 0.6) is 5.75 Å². The lowest BCUT2D eigenvalue weighted by atomic mass is 10.1. The predicted molar refractivity (Wildman–Crippen MR) is 100 cm³/mol. The molecule has 10 heteroatoms. The number of Topliss-reactive ketones (excluding diaryl/α,β-unsaturated/α-hetero) is 1. The number of carbonyl (C=O) groups excluding carboxylic acids is 1. The first kappa shape index (κ1) is 20.2. The van der Waals surface area contributed by atoms with Crippen molar-refractivity contribution in [1.82, 2.24) is 24.9 Å². The molecule has 0 amide bonds. The number of unbranched alkanes of at least 4 members (excludes halogenated alkanes) is 1. The highest BCUT2D eigenvalue weighted by molar-refractivity contribution is 5.91. The van der Waals surface area contributed by atoms with E-state index in [9.17, 15) is 19.8 Å². The number of aromatic hydroxyl groups is 1. The molecular formula is C19H21N5O5. The largest absolute Gasteiger partial charge is 0.506 e. The standard InChI is InChI=1S/C19H21N5O5/c1-2-3-8-24-11-14(19(27)28)16(22-24)9-12(25)5-7-17-21-18(23-29-17)15-6-4-13(26)10-20-15/h4,6,10-11,26H,2-3,5,7-9H2,1H3,(H,27,28). The van der Waals surface area contributed by atoms with Crippen molar-refractivity contribution in [3.05, 3.63) is 41.7 Å². The lowest BCUT2D eigenvalue weighted by Crippen LogP contribution is -2.09. The Bertz CT molecular complexity index is 993. The molecular weight excluding hydrogens is 378 g/mol. The third-order valence-electron chi connectivity index (χ3n) is 4.24. The van der Waals surface area contributed by atoms with Crippen LogP contribution >= 0.6 is 0 Å². The van der Waals surface area contributed by atoms with Gasteiger partial charge in [-0.3, -0.25) is 9.48 Å². The second-order valence-electron chi connectivity index (χ2n) is 6.54. The Labute approximate surface area is 166 Å². The van der Waals surface area contributed by atoms with Gasteiger partial charge in [0.15, 0.2) is 0 Å². The van der Waals surface area contributed by atoms with E-state index in [4.69, 9.17) is 4.52 Å². The van der Waals surface area contributed by atoms with Gasteiger partial charge in [0.05, 0.1) is 18.3 Å². The number of aromatic nitrogens is 5. The molecule has 152 valence electrons. The van der Waals surface area contributed by atoms with Crippen molar-refractivity contribution in [2.24, 2.45) is 0 Å². The van der Waals surface area contributed by atoms with Crippen molar-refractivity contribution in [2.75, 3.05) is 0 Å². The molecule has 0 unspecified atom stereocenters. The van der Waals surface area contributed by atoms with Crippen molar-refractivity contribution in [3.63, 3.8) is 0 Å². The molecule has 0 atom stereocenters. The Morgan fingerprint density at radius 1 is 1.28 bits per heavy atom. The summed E-state index contributed by atoms with van der Waals surface area (Å²) >= 11 is 0. The minimum Gasteiger partial charge on any atom is -0.506 e. The number of ketones is 1. The Kier molecular flexibility index (Phi) is 6.32. The number of hydrogen-bond acceptors (Lipinski definition) is 8. The fraction of sp³-hybridized carbons (Fsp3) is 0.368. The fourth-order valence-electron chi connectivity index (χ4n) is 2.71. The molecule has 3 aromatic heterocycles. The summed E-state index contributed by atoms with van der Waals surface area (Å²) in [7, 11) is 0. The van der Waals surface area contributed by atoms with Gasteiger partial charge in [0.1, 0.15) is 22.8 Å². The van der Waals surface area contributed by atoms with Crippen LogP contribution < -0.4 is 0 Å². The fourth-order valence-corrected chi connectivity index (χ4v) is 2.71. The molecule has 3 heterocycles. The van der Waals surface area contributed by atoms with Crippen molar-refractivity contribution < 1.29 is 24.3 Å². The molecule has 0 fully saturated rings. The van der Waals surface area contributed by atoms with Crippen LogP contribution in [-0.4, -0.2) is 46.9 Å². The van der Waals surface area contributed by atoms with Gasteiger partial charge in [-0.15, -0.1) is 0 Å². The molecule has 3 rings (SSSR count). The summed E-state index contributed by atoms with van der Waals surface area (Å²) in [6.07, 6.45) is 4.85. The highest BCUT2D eigenvalue weighted by atomic mass is 16.5. The van der Waals surface area contributed by atoms with Crippen LogP contribution in [0.3, 0.4) is 0 Å². The predicted octanol–water partition coefficient (Wildman–Crippen LogP) is 2.28. The zero-order valence-corrected chi connectivity index (χ0v) is 15.9. The second kappa shape index (κ2) is 9.09. The normalized spacial score (nSPS) is 10.9. The summed E-state index contributed by atoms with van der Waals surface area (Å²) in [5.41, 5.74) is 0.749. The lowest BCUT2D eigenvalue weighted by molar-refractivity contribution is -0.118. The number of aryl methyl sites for hydroxylation is 2. The van der Waals surface area contributed by atoms with Crippen LogP contribution in [0.15, 0.2) is 29.0 Å². The summed E-state index contributed by atoms with van der Waals surface area (Å²) in [6, 6.07) is 3.01. The number of carboxylic acid groups (broad SMARTS) is 1. The highest BCUT2D eigenvalue weighted by Gasteiger charge is 2.19. The van der Waals surface area contributed by atoms with Gasteiger partial charge < -0.3 is 14.7 Å². The van der Waals surface area contributed by atoms with Gasteiger partial charge in [0.25, 0.3) is 0 Å². The topological polar surface area (TPSA) is 144 Å². The molecule has 29 heavy (non-hydrogen) atoms. The number of carbonyl (C=O) groups is 2. The quantitative estimate of drug-likeness (QED) is 0.524. The molecule has 0 aliphatic heterocycles. The molecule has 0 radical (unpaired) electrons. The number of hydrogen-bond donors (Lipinski definition) is 2. The van der Waals surface area contributed by atoms with Crippen LogP contribution in [0.2, 0.25) is 0 Å². The Hall–Kier alpha value is -3.56. The van der Waals surface area contributed by atoms with Crippen LogP contribution in [0.4, 0.5) is 0 Å². The zero-order valence-electron chi connectivity index (χ0n) is 15.9. The van der Waals surface area contributed by atoms with Gasteiger partial charge in [0.2, 0.25) is 11.7 Å². The minimum absolute atomic E-state index is 0.0286. The van der Waals surface area contributed by atoms with E-state index in [0.717, 1.165) is 12.8 Å². The van der Waals surface area contributed by atoms with E-state index in [2.05, 4.69) is 20.2 Å². The first-order valence-corrected chi connectivity index (χ1v) is 9.25. The third-order valence-corrected chi connectivity index (χ3v) is 4.24. The number of pyridine rings is 1. The van der Waals surface area contributed by atoms with Gasteiger partial charge in [0, 0.05) is 25.6 Å². The van der Waals surface area contributed by atoms with E-state index in [0.29, 0.717) is 12.2 Å². The van der Waals surface area contributed by atoms with Crippen LogP contribution in [-0.2, 0) is 24.2 Å². The summed E-state index contributed by atoms with van der Waals surface area (Å²) in [6.45, 7) is 2.65. The van der Waals surface area contributed by atoms with E-state index < -0.39 is 5.97 Å². The number of nitrogens with zero attached hydrogens (tertiary/aromatic N) is 5. The van der Waals surface area contributed by atoms with Crippen LogP contribution in [0.1, 0.15) is 48.1 Å². The molecule has 0 spiro atoms. The highest BCUT2D eigenvalue weighted by Crippen LogP contribution is 2.17. The second-order valence-corrected chi connectivity index (χ2v) is 6.54. The van der Waals surface area contributed by atoms with Crippen molar-refractivity contribution in [1.29, 1.82) is 0 Å². The van der Waals surface area contributed by atoms with Gasteiger partial charge in [-0.1, -0.05) is 18.5 Å². The smallest absolute Gasteiger partial charge is 0.339 e. The first-order valence-electron chi connectivity index (χ1n) is 9.25. The third kappa shape index (κ3) is 5.24. The van der Waals surface area contributed by atoms with E-state index in [1.165, 1.54) is 18.5 Å². The Morgan fingerprint density at radius 3 is 2.79 bits per heavy atom. The maximum Gasteiger partial charge on any atom is 0.339 e. The van der Waals surface area contributed by atoms with Gasteiger partial charge in [-0.25, -0.2) is 9.78 Å². The zero-order chi connectivity index (χ0) is 20.8. The van der Waals surface area contributed by atoms with Crippen molar-refractivity contribution >= 4 is 11.8 Å². The average Bonchev–Trinajstić information content (AvgIpc) is 3.32. The average molecular weight is 399 g/mol.